The molecule has 23 nitrogen and oxygen atoms in total. The van der Waals surface area contributed by atoms with Crippen molar-refractivity contribution in [2.24, 2.45) is 39.7 Å². The van der Waals surface area contributed by atoms with Gasteiger partial charge in [-0.3, -0.25) is 63.3 Å². The molecule has 0 aromatic rings. The summed E-state index contributed by atoms with van der Waals surface area (Å²) in [5.41, 5.74) is 13.5. The molecule has 814 valence electrons. The van der Waals surface area contributed by atoms with Gasteiger partial charge in [-0.05, 0) is 416 Å². The van der Waals surface area contributed by atoms with E-state index in [9.17, 15) is 19.2 Å². The van der Waals surface area contributed by atoms with Gasteiger partial charge in [0.1, 0.15) is 0 Å². The normalized spacial score (nSPS) is 26.2. The second-order valence-corrected chi connectivity index (χ2v) is 53.9. The standard InChI is InChI=1S/C17H33N3O.2C16H31N3O.C16H28N2.C15H29N3O.C15H26N2.C12H23N.C11H22N2/c1-17(2,3)20-11-8-14(9-12-20)13-19-10-6-7-15(19)16(21)18(4)5;1-16(2,3)18-11-8-13(9-12-18)19-10-6-7-14(19)15(20)17(4)5;1-16(2,3)19-10-7-13(8-11-19)12-18-9-5-6-14(18)15(20)17-4;1-16(2,3)11-10-14-6-8-15(9-7-14)18(4)13-5-12-17;1-15(2,3)17-10-7-12(8-11-17)18-9-5-6-13(18)14(19)16-4;1-15(2,3)10-9-13-5-7-14(8-6-13)17-12-4-11-16;1-12(2,3)9-8-10-4-6-11(13)7-5-10;1-11(2,3)13-7-9-5-6-12(4)10(9)8-13/h14-15H,6-13H2,1-5H3;13-14H,6-12H2,1-5H3;13-14H,5-12H2,1-4H3,(H,17,20);10,15H,5-9,11,13H2,1-4H3;12-13H,5-11H2,1-4H3,(H,16,19);9,14,17H,4-8,10,12H2,1-3H3;8,11H,4-7,9,13H2,1-3H3;9-10H,5-8H2,1-4H3/t15-;2*14-;;13-;;;/m000.0.../s1. The van der Waals surface area contributed by atoms with Gasteiger partial charge in [0.2, 0.25) is 23.6 Å². The Hall–Kier alpha value is -4.44. The molecule has 10 aliphatic heterocycles. The molecule has 13 aliphatic rings. The van der Waals surface area contributed by atoms with Gasteiger partial charge in [0.15, 0.2) is 0 Å². The van der Waals surface area contributed by atoms with Crippen LogP contribution in [0.3, 0.4) is 0 Å². The van der Waals surface area contributed by atoms with Gasteiger partial charge in [-0.1, -0.05) is 97.3 Å². The minimum absolute atomic E-state index is 0.121. The van der Waals surface area contributed by atoms with E-state index >= 15 is 0 Å². The molecule has 0 radical (unpaired) electrons. The number of likely N-dealkylation sites (N-methyl/N-ethyl adjacent to an activating group) is 5. The molecule has 10 heterocycles. The molecule has 141 heavy (non-hydrogen) atoms. The van der Waals surface area contributed by atoms with Gasteiger partial charge in [0.25, 0.3) is 0 Å². The monoisotopic (exact) mass is 1970 g/mol. The van der Waals surface area contributed by atoms with E-state index in [1.165, 1.54) is 219 Å². The van der Waals surface area contributed by atoms with E-state index in [1.807, 2.05) is 28.2 Å². The number of carbonyl (C=O) groups is 4. The maximum absolute atomic E-state index is 12.3. The summed E-state index contributed by atoms with van der Waals surface area (Å²) in [6.45, 7) is 76.9. The summed E-state index contributed by atoms with van der Waals surface area (Å²) in [7, 11) is 15.4. The molecule has 10 saturated heterocycles. The lowest BCUT2D eigenvalue weighted by molar-refractivity contribution is -0.135. The summed E-state index contributed by atoms with van der Waals surface area (Å²) >= 11 is 0. The molecule has 4 amide bonds. The van der Waals surface area contributed by atoms with Gasteiger partial charge in [-0.25, -0.2) is 0 Å². The molecule has 13 rings (SSSR count). The van der Waals surface area contributed by atoms with Crippen molar-refractivity contribution in [1.29, 1.82) is 10.5 Å². The highest BCUT2D eigenvalue weighted by Crippen LogP contribution is 2.39. The number of amides is 4. The van der Waals surface area contributed by atoms with E-state index in [4.69, 9.17) is 16.3 Å². The van der Waals surface area contributed by atoms with E-state index in [-0.39, 0.29) is 47.1 Å². The van der Waals surface area contributed by atoms with Gasteiger partial charge in [-0.2, -0.15) is 10.5 Å². The molecule has 6 atom stereocenters. The number of nitrogens with two attached hydrogens (primary N) is 1. The number of nitrogens with one attached hydrogen (secondary N) is 3. The van der Waals surface area contributed by atoms with Gasteiger partial charge in [0, 0.05) is 185 Å². The lowest BCUT2D eigenvalue weighted by Crippen LogP contribution is -2.54. The van der Waals surface area contributed by atoms with Crippen molar-refractivity contribution in [3.8, 4) is 12.1 Å². The molecule has 3 saturated carbocycles. The van der Waals surface area contributed by atoms with E-state index in [0.29, 0.717) is 87.7 Å². The first-order valence-corrected chi connectivity index (χ1v) is 57.1. The van der Waals surface area contributed by atoms with Crippen LogP contribution in [0, 0.1) is 56.7 Å². The Morgan fingerprint density at radius 2 is 0.730 bits per heavy atom. The van der Waals surface area contributed by atoms with Crippen LogP contribution in [-0.4, -0.2) is 356 Å². The average Bonchev–Trinajstić information content (AvgIpc) is 1.65. The van der Waals surface area contributed by atoms with E-state index in [0.717, 1.165) is 134 Å². The number of rotatable bonds is 19. The highest BCUT2D eigenvalue weighted by molar-refractivity contribution is 5.83. The van der Waals surface area contributed by atoms with E-state index < -0.39 is 0 Å². The number of piperidine rings is 4. The van der Waals surface area contributed by atoms with Crippen LogP contribution < -0.4 is 21.7 Å². The maximum Gasteiger partial charge on any atom is 0.239 e. The van der Waals surface area contributed by atoms with Crippen LogP contribution in [0.5, 0.6) is 0 Å². The summed E-state index contributed by atoms with van der Waals surface area (Å²) in [5.74, 6) is 3.47. The summed E-state index contributed by atoms with van der Waals surface area (Å²) in [4.78, 5) is 79.5. The SMILES string of the molecule is CC(C)(C)CC=C1CCC(N)CC1.CC(C)(C)CC=C1CCC(NCCC#N)CC1.CN(C)C(=O)[C@@H]1CCCN1C1CCN(C(C)(C)C)CC1.CN(C)C(=O)[C@@H]1CCCN1CC1CCN(C(C)(C)C)CC1.CN(CCC#N)C1CCC(=CCC(C)(C)C)CC1.CN1CCC2CN(C(C)(C)C)CC21.CNC(=O)[C@@H]1CCCN1C1CCN(C(C)(C)C)CC1.CNC(=O)[C@@H]1CCCN1CC1CCN(C(C)(C)C)CC1. The number of hydrogen-bond donors (Lipinski definition) is 4. The fraction of sp³-hybridized carbons (Fsp3) is 0.898. The van der Waals surface area contributed by atoms with Crippen LogP contribution in [0.2, 0.25) is 0 Å². The molecule has 2 unspecified atom stereocenters. The van der Waals surface area contributed by atoms with Crippen LogP contribution in [-0.2, 0) is 19.2 Å². The molecule has 0 spiro atoms. The smallest absolute Gasteiger partial charge is 0.239 e. The second-order valence-electron chi connectivity index (χ2n) is 53.9. The zero-order valence-electron chi connectivity index (χ0n) is 97.6. The van der Waals surface area contributed by atoms with Crippen molar-refractivity contribution < 1.29 is 19.2 Å². The summed E-state index contributed by atoms with van der Waals surface area (Å²) < 4.78 is 0. The molecule has 3 aliphatic carbocycles. The topological polar surface area (TPSA) is 220 Å². The van der Waals surface area contributed by atoms with E-state index in [2.05, 4.69) is 280 Å². The predicted molar refractivity (Wildman–Crippen MR) is 595 cm³/mol. The number of nitriles is 2. The number of nitrogens with zero attached hydrogens (tertiary/aromatic N) is 15. The molecule has 0 bridgehead atoms. The third kappa shape index (κ3) is 45.1. The summed E-state index contributed by atoms with van der Waals surface area (Å²) in [5, 5.41) is 26.2. The number of likely N-dealkylation sites (tertiary alicyclic amines) is 10. The quantitative estimate of drug-likeness (QED) is 0.0698. The average molecular weight is 1970 g/mol. The predicted octanol–water partition coefficient (Wildman–Crippen LogP) is 19.6. The Bertz CT molecular complexity index is 3740. The molecule has 23 heteroatoms. The number of carbonyl (C=O) groups excluding carboxylic acids is 4. The highest BCUT2D eigenvalue weighted by atomic mass is 16.2. The Morgan fingerprint density at radius 1 is 0.390 bits per heavy atom. The van der Waals surface area contributed by atoms with Crippen LogP contribution in [0.4, 0.5) is 0 Å². The molecule has 5 N–H and O–H groups in total. The Morgan fingerprint density at radius 3 is 1.11 bits per heavy atom. The molecule has 13 fully saturated rings. The van der Waals surface area contributed by atoms with Gasteiger partial charge < -0.3 is 41.3 Å². The first kappa shape index (κ1) is 125. The zero-order valence-corrected chi connectivity index (χ0v) is 97.6. The van der Waals surface area contributed by atoms with Crippen molar-refractivity contribution >= 4 is 23.6 Å². The van der Waals surface area contributed by atoms with Crippen molar-refractivity contribution in [3.05, 3.63) is 34.9 Å². The largest absolute Gasteiger partial charge is 0.358 e. The van der Waals surface area contributed by atoms with Crippen molar-refractivity contribution in [2.45, 2.75) is 473 Å². The summed E-state index contributed by atoms with van der Waals surface area (Å²) in [6.07, 6.45) is 47.1. The fourth-order valence-corrected chi connectivity index (χ4v) is 23.6. The molecular formula is C118H223N19O4. The van der Waals surface area contributed by atoms with Crippen LogP contribution >= 0.6 is 0 Å². The number of hydrogen-bond acceptors (Lipinski definition) is 19. The second kappa shape index (κ2) is 59.2. The zero-order chi connectivity index (χ0) is 105. The Labute approximate surface area is 868 Å². The minimum atomic E-state index is 0.121. The van der Waals surface area contributed by atoms with Gasteiger partial charge in [-0.15, -0.1) is 0 Å². The number of allylic oxidation sites excluding steroid dienone is 6. The fourth-order valence-electron chi connectivity index (χ4n) is 23.6. The minimum Gasteiger partial charge on any atom is -0.358 e. The Balaban J connectivity index is 0.000000248. The van der Waals surface area contributed by atoms with Crippen molar-refractivity contribution in [2.75, 3.05) is 181 Å². The Kier molecular flexibility index (Phi) is 52.6. The van der Waals surface area contributed by atoms with Crippen LogP contribution in [0.1, 0.15) is 384 Å². The summed E-state index contributed by atoms with van der Waals surface area (Å²) in [6, 6.07) is 8.76. The maximum atomic E-state index is 12.3. The highest BCUT2D eigenvalue weighted by Gasteiger charge is 2.45. The van der Waals surface area contributed by atoms with Gasteiger partial charge >= 0.3 is 0 Å². The molecule has 0 aromatic heterocycles. The molecule has 0 aromatic carbocycles. The third-order valence-corrected chi connectivity index (χ3v) is 33.3. The van der Waals surface area contributed by atoms with Crippen molar-refractivity contribution in [1.82, 2.24) is 79.6 Å². The van der Waals surface area contributed by atoms with Crippen LogP contribution in [0.15, 0.2) is 34.9 Å². The lowest BCUT2D eigenvalue weighted by atomic mass is 9.86. The molecular weight excluding hydrogens is 1750 g/mol. The lowest BCUT2D eigenvalue weighted by Gasteiger charge is -2.44. The van der Waals surface area contributed by atoms with Crippen molar-refractivity contribution in [3.63, 3.8) is 0 Å². The van der Waals surface area contributed by atoms with Crippen LogP contribution in [0.25, 0.3) is 0 Å². The first-order chi connectivity index (χ1) is 65.8. The first-order valence-electron chi connectivity index (χ1n) is 57.1. The number of fused-ring (bicyclic) bond motifs is 1. The third-order valence-electron chi connectivity index (χ3n) is 33.3. The van der Waals surface area contributed by atoms with Gasteiger partial charge in [0.05, 0.1) is 36.3 Å². The van der Waals surface area contributed by atoms with E-state index in [1.54, 1.807) is 40.6 Å².